The van der Waals surface area contributed by atoms with Gasteiger partial charge in [0.15, 0.2) is 0 Å². The molecule has 1 fully saturated rings. The van der Waals surface area contributed by atoms with E-state index in [0.717, 1.165) is 31.9 Å². The fourth-order valence-corrected chi connectivity index (χ4v) is 2.82. The summed E-state index contributed by atoms with van der Waals surface area (Å²) in [5.41, 5.74) is 2.49. The maximum Gasteiger partial charge on any atom is 0.131 e. The van der Waals surface area contributed by atoms with Gasteiger partial charge in [-0.05, 0) is 42.9 Å². The fraction of sp³-hybridized carbons (Fsp3) is 0.688. The number of aromatic nitrogens is 1. The molecule has 1 saturated heterocycles. The Hall–Kier alpha value is -1.13. The van der Waals surface area contributed by atoms with Crippen molar-refractivity contribution in [3.8, 4) is 0 Å². The molecule has 4 heteroatoms. The van der Waals surface area contributed by atoms with E-state index in [9.17, 15) is 0 Å². The Kier molecular flexibility index (Phi) is 5.38. The molecule has 0 spiro atoms. The lowest BCUT2D eigenvalue weighted by Gasteiger charge is -2.20. The van der Waals surface area contributed by atoms with E-state index in [1.54, 1.807) is 0 Å². The van der Waals surface area contributed by atoms with Gasteiger partial charge in [0.05, 0.1) is 0 Å². The van der Waals surface area contributed by atoms with Gasteiger partial charge in [-0.2, -0.15) is 0 Å². The second-order valence-corrected chi connectivity index (χ2v) is 6.13. The SMILES string of the molecule is Cc1cc(CNC(C)C)cnc1N1CCC(CCO)C1. The highest BCUT2D eigenvalue weighted by Crippen LogP contribution is 2.26. The predicted octanol–water partition coefficient (Wildman–Crippen LogP) is 2.10. The van der Waals surface area contributed by atoms with Crippen molar-refractivity contribution in [1.29, 1.82) is 0 Å². The summed E-state index contributed by atoms with van der Waals surface area (Å²) in [6.45, 7) is 9.70. The molecule has 2 rings (SSSR count). The number of anilines is 1. The molecule has 1 atom stereocenters. The van der Waals surface area contributed by atoms with E-state index in [1.807, 2.05) is 6.20 Å². The molecule has 2 heterocycles. The van der Waals surface area contributed by atoms with Crippen molar-refractivity contribution in [2.75, 3.05) is 24.6 Å². The van der Waals surface area contributed by atoms with Crippen LogP contribution in [-0.2, 0) is 6.54 Å². The van der Waals surface area contributed by atoms with Crippen molar-refractivity contribution >= 4 is 5.82 Å². The molecule has 20 heavy (non-hydrogen) atoms. The van der Waals surface area contributed by atoms with Crippen LogP contribution in [0.4, 0.5) is 5.82 Å². The van der Waals surface area contributed by atoms with Crippen LogP contribution in [0, 0.1) is 12.8 Å². The molecule has 1 aromatic rings. The number of pyridine rings is 1. The molecule has 1 unspecified atom stereocenters. The molecule has 0 aromatic carbocycles. The van der Waals surface area contributed by atoms with Gasteiger partial charge in [0, 0.05) is 38.5 Å². The van der Waals surface area contributed by atoms with E-state index < -0.39 is 0 Å². The molecular formula is C16H27N3O. The molecule has 2 N–H and O–H groups in total. The van der Waals surface area contributed by atoms with Gasteiger partial charge in [0.2, 0.25) is 0 Å². The highest BCUT2D eigenvalue weighted by Gasteiger charge is 2.23. The van der Waals surface area contributed by atoms with Crippen LogP contribution in [0.2, 0.25) is 0 Å². The average molecular weight is 277 g/mol. The first kappa shape index (κ1) is 15.3. The number of rotatable bonds is 6. The number of aryl methyl sites for hydroxylation is 1. The van der Waals surface area contributed by atoms with Crippen LogP contribution in [-0.4, -0.2) is 35.8 Å². The van der Waals surface area contributed by atoms with Gasteiger partial charge < -0.3 is 15.3 Å². The highest BCUT2D eigenvalue weighted by molar-refractivity contribution is 5.48. The van der Waals surface area contributed by atoms with Gasteiger partial charge in [0.1, 0.15) is 5.82 Å². The second kappa shape index (κ2) is 7.04. The molecule has 1 aliphatic heterocycles. The van der Waals surface area contributed by atoms with Crippen molar-refractivity contribution in [2.45, 2.75) is 46.2 Å². The van der Waals surface area contributed by atoms with Gasteiger partial charge in [0.25, 0.3) is 0 Å². The Bertz CT molecular complexity index is 434. The van der Waals surface area contributed by atoms with E-state index in [4.69, 9.17) is 5.11 Å². The fourth-order valence-electron chi connectivity index (χ4n) is 2.82. The van der Waals surface area contributed by atoms with Gasteiger partial charge >= 0.3 is 0 Å². The maximum atomic E-state index is 9.04. The summed E-state index contributed by atoms with van der Waals surface area (Å²) < 4.78 is 0. The molecule has 112 valence electrons. The predicted molar refractivity (Wildman–Crippen MR) is 83.0 cm³/mol. The van der Waals surface area contributed by atoms with E-state index in [-0.39, 0.29) is 0 Å². The summed E-state index contributed by atoms with van der Waals surface area (Å²) in [6.07, 6.45) is 4.06. The minimum atomic E-state index is 0.296. The molecule has 0 saturated carbocycles. The first-order valence-corrected chi connectivity index (χ1v) is 7.65. The third kappa shape index (κ3) is 3.93. The average Bonchev–Trinajstić information content (AvgIpc) is 2.85. The monoisotopic (exact) mass is 277 g/mol. The largest absolute Gasteiger partial charge is 0.396 e. The summed E-state index contributed by atoms with van der Waals surface area (Å²) in [4.78, 5) is 7.01. The van der Waals surface area contributed by atoms with Crippen LogP contribution in [0.15, 0.2) is 12.3 Å². The van der Waals surface area contributed by atoms with Gasteiger partial charge in [-0.15, -0.1) is 0 Å². The van der Waals surface area contributed by atoms with Crippen molar-refractivity contribution in [3.63, 3.8) is 0 Å². The van der Waals surface area contributed by atoms with Crippen molar-refractivity contribution in [1.82, 2.24) is 10.3 Å². The Morgan fingerprint density at radius 2 is 2.30 bits per heavy atom. The van der Waals surface area contributed by atoms with Crippen LogP contribution >= 0.6 is 0 Å². The number of nitrogens with one attached hydrogen (secondary N) is 1. The Morgan fingerprint density at radius 1 is 1.50 bits per heavy atom. The van der Waals surface area contributed by atoms with E-state index in [2.05, 4.69) is 42.0 Å². The Balaban J connectivity index is 1.99. The number of aliphatic hydroxyl groups excluding tert-OH is 1. The number of hydrogen-bond acceptors (Lipinski definition) is 4. The topological polar surface area (TPSA) is 48.4 Å². The quantitative estimate of drug-likeness (QED) is 0.836. The van der Waals surface area contributed by atoms with Crippen molar-refractivity contribution in [3.05, 3.63) is 23.4 Å². The molecule has 4 nitrogen and oxygen atoms in total. The normalized spacial score (nSPS) is 19.1. The van der Waals surface area contributed by atoms with E-state index >= 15 is 0 Å². The molecule has 0 bridgehead atoms. The zero-order valence-electron chi connectivity index (χ0n) is 12.9. The van der Waals surface area contributed by atoms with E-state index in [1.165, 1.54) is 17.5 Å². The van der Waals surface area contributed by atoms with Crippen molar-refractivity contribution < 1.29 is 5.11 Å². The standard InChI is InChI=1S/C16H27N3O/c1-12(2)17-9-15-8-13(3)16(18-10-15)19-6-4-14(11-19)5-7-20/h8,10,12,14,17,20H,4-7,9,11H2,1-3H3. The summed E-state index contributed by atoms with van der Waals surface area (Å²) >= 11 is 0. The lowest BCUT2D eigenvalue weighted by molar-refractivity contribution is 0.263. The zero-order chi connectivity index (χ0) is 14.5. The minimum Gasteiger partial charge on any atom is -0.396 e. The van der Waals surface area contributed by atoms with Crippen LogP contribution in [0.25, 0.3) is 0 Å². The van der Waals surface area contributed by atoms with Crippen LogP contribution in [0.3, 0.4) is 0 Å². The smallest absolute Gasteiger partial charge is 0.131 e. The lowest BCUT2D eigenvalue weighted by atomic mass is 10.1. The third-order valence-electron chi connectivity index (χ3n) is 3.94. The van der Waals surface area contributed by atoms with Gasteiger partial charge in [-0.3, -0.25) is 0 Å². The maximum absolute atomic E-state index is 9.04. The van der Waals surface area contributed by atoms with Crippen molar-refractivity contribution in [2.24, 2.45) is 5.92 Å². The minimum absolute atomic E-state index is 0.296. The molecule has 1 aliphatic rings. The Morgan fingerprint density at radius 3 is 2.95 bits per heavy atom. The van der Waals surface area contributed by atoms with Crippen LogP contribution < -0.4 is 10.2 Å². The third-order valence-corrected chi connectivity index (χ3v) is 3.94. The number of nitrogens with zero attached hydrogens (tertiary/aromatic N) is 2. The van der Waals surface area contributed by atoms with Crippen LogP contribution in [0.5, 0.6) is 0 Å². The van der Waals surface area contributed by atoms with Gasteiger partial charge in [-0.25, -0.2) is 4.98 Å². The Labute approximate surface area is 122 Å². The van der Waals surface area contributed by atoms with E-state index in [0.29, 0.717) is 18.6 Å². The molecule has 0 amide bonds. The number of aliphatic hydroxyl groups is 1. The first-order valence-electron chi connectivity index (χ1n) is 7.65. The summed E-state index contributed by atoms with van der Waals surface area (Å²) in [6, 6.07) is 2.73. The molecule has 0 radical (unpaired) electrons. The highest BCUT2D eigenvalue weighted by atomic mass is 16.3. The molecular weight excluding hydrogens is 250 g/mol. The molecule has 0 aliphatic carbocycles. The number of hydrogen-bond donors (Lipinski definition) is 2. The summed E-state index contributed by atoms with van der Waals surface area (Å²) in [5, 5.41) is 12.5. The van der Waals surface area contributed by atoms with Crippen LogP contribution in [0.1, 0.15) is 37.8 Å². The van der Waals surface area contributed by atoms with Gasteiger partial charge in [-0.1, -0.05) is 13.8 Å². The lowest BCUT2D eigenvalue weighted by Crippen LogP contribution is -2.24. The molecule has 1 aromatic heterocycles. The summed E-state index contributed by atoms with van der Waals surface area (Å²) in [5.74, 6) is 1.72. The summed E-state index contributed by atoms with van der Waals surface area (Å²) in [7, 11) is 0. The zero-order valence-corrected chi connectivity index (χ0v) is 12.9. The second-order valence-electron chi connectivity index (χ2n) is 6.13. The first-order chi connectivity index (χ1) is 9.60.